The number of aromatic nitrogens is 1. The van der Waals surface area contributed by atoms with Gasteiger partial charge < -0.3 is 5.11 Å². The number of carboxylic acid groups (broad SMARTS) is 1. The van der Waals surface area contributed by atoms with Crippen LogP contribution in [0.15, 0.2) is 23.6 Å². The SMILES string of the molecule is O=C(O)C1=NN(Cc2cncc(F)c2)C(=O)CC1. The molecule has 94 valence electrons. The third kappa shape index (κ3) is 2.68. The fourth-order valence-electron chi connectivity index (χ4n) is 1.59. The van der Waals surface area contributed by atoms with Crippen LogP contribution in [0.25, 0.3) is 0 Å². The fourth-order valence-corrected chi connectivity index (χ4v) is 1.59. The van der Waals surface area contributed by atoms with Crippen molar-refractivity contribution in [1.29, 1.82) is 0 Å². The number of carboxylic acids is 1. The zero-order valence-electron chi connectivity index (χ0n) is 9.34. The van der Waals surface area contributed by atoms with Gasteiger partial charge in [-0.1, -0.05) is 0 Å². The molecule has 1 N–H and O–H groups in total. The molecule has 0 saturated heterocycles. The molecule has 0 atom stereocenters. The monoisotopic (exact) mass is 251 g/mol. The molecule has 0 radical (unpaired) electrons. The molecule has 6 nitrogen and oxygen atoms in total. The Bertz CT molecular complexity index is 530. The molecule has 0 aromatic carbocycles. The van der Waals surface area contributed by atoms with Gasteiger partial charge in [0.25, 0.3) is 0 Å². The number of carbonyl (C=O) groups excluding carboxylic acids is 1. The lowest BCUT2D eigenvalue weighted by Gasteiger charge is -2.21. The minimum absolute atomic E-state index is 0.0143. The first-order valence-electron chi connectivity index (χ1n) is 5.27. The molecule has 0 saturated carbocycles. The van der Waals surface area contributed by atoms with Crippen LogP contribution < -0.4 is 0 Å². The molecular formula is C11H10FN3O3. The molecule has 0 bridgehead atoms. The molecule has 2 rings (SSSR count). The van der Waals surface area contributed by atoms with Crippen molar-refractivity contribution in [3.63, 3.8) is 0 Å². The summed E-state index contributed by atoms with van der Waals surface area (Å²) in [4.78, 5) is 26.0. The van der Waals surface area contributed by atoms with Crippen molar-refractivity contribution in [2.24, 2.45) is 5.10 Å². The minimum atomic E-state index is -1.15. The van der Waals surface area contributed by atoms with Crippen LogP contribution in [0.4, 0.5) is 4.39 Å². The highest BCUT2D eigenvalue weighted by Crippen LogP contribution is 2.13. The molecule has 0 aliphatic carbocycles. The lowest BCUT2D eigenvalue weighted by atomic mass is 10.1. The topological polar surface area (TPSA) is 82.9 Å². The van der Waals surface area contributed by atoms with Crippen molar-refractivity contribution in [2.75, 3.05) is 0 Å². The van der Waals surface area contributed by atoms with E-state index in [0.717, 1.165) is 11.2 Å². The first-order valence-corrected chi connectivity index (χ1v) is 5.27. The van der Waals surface area contributed by atoms with Gasteiger partial charge in [-0.05, 0) is 11.6 Å². The molecule has 1 aromatic rings. The Kier molecular flexibility index (Phi) is 3.31. The third-order valence-corrected chi connectivity index (χ3v) is 2.45. The number of carbonyl (C=O) groups is 2. The van der Waals surface area contributed by atoms with Crippen molar-refractivity contribution >= 4 is 17.6 Å². The van der Waals surface area contributed by atoms with Crippen LogP contribution in [-0.2, 0) is 16.1 Å². The van der Waals surface area contributed by atoms with Gasteiger partial charge in [-0.15, -0.1) is 0 Å². The van der Waals surface area contributed by atoms with Crippen molar-refractivity contribution in [3.05, 3.63) is 29.8 Å². The van der Waals surface area contributed by atoms with Gasteiger partial charge in [0.2, 0.25) is 5.91 Å². The number of rotatable bonds is 3. The highest BCUT2D eigenvalue weighted by Gasteiger charge is 2.24. The van der Waals surface area contributed by atoms with Gasteiger partial charge in [-0.25, -0.2) is 14.2 Å². The van der Waals surface area contributed by atoms with Gasteiger partial charge in [0, 0.05) is 19.0 Å². The van der Waals surface area contributed by atoms with E-state index >= 15 is 0 Å². The quantitative estimate of drug-likeness (QED) is 0.860. The first kappa shape index (κ1) is 12.2. The number of hydrazone groups is 1. The van der Waals surface area contributed by atoms with Gasteiger partial charge in [0.1, 0.15) is 11.5 Å². The molecule has 1 aromatic heterocycles. The van der Waals surface area contributed by atoms with Gasteiger partial charge in [0.05, 0.1) is 12.7 Å². The number of aliphatic carboxylic acids is 1. The standard InChI is InChI=1S/C11H10FN3O3/c12-8-3-7(4-13-5-8)6-15-10(16)2-1-9(14-15)11(17)18/h3-5H,1-2,6H2,(H,17,18). The van der Waals surface area contributed by atoms with E-state index in [0.29, 0.717) is 5.56 Å². The fraction of sp³-hybridized carbons (Fsp3) is 0.273. The second kappa shape index (κ2) is 4.91. The van der Waals surface area contributed by atoms with E-state index in [9.17, 15) is 14.0 Å². The number of hydrogen-bond acceptors (Lipinski definition) is 4. The second-order valence-corrected chi connectivity index (χ2v) is 3.81. The Morgan fingerprint density at radius 2 is 2.22 bits per heavy atom. The minimum Gasteiger partial charge on any atom is -0.477 e. The summed E-state index contributed by atoms with van der Waals surface area (Å²) in [5.74, 6) is -1.95. The molecule has 0 fully saturated rings. The summed E-state index contributed by atoms with van der Waals surface area (Å²) in [5, 5.41) is 13.6. The van der Waals surface area contributed by atoms with Crippen molar-refractivity contribution in [1.82, 2.24) is 9.99 Å². The normalized spacial score (nSPS) is 15.5. The molecule has 7 heteroatoms. The number of nitrogens with zero attached hydrogens (tertiary/aromatic N) is 3. The van der Waals surface area contributed by atoms with Crippen LogP contribution in [0.2, 0.25) is 0 Å². The second-order valence-electron chi connectivity index (χ2n) is 3.81. The van der Waals surface area contributed by atoms with Gasteiger partial charge >= 0.3 is 5.97 Å². The highest BCUT2D eigenvalue weighted by atomic mass is 19.1. The van der Waals surface area contributed by atoms with Crippen LogP contribution in [0, 0.1) is 5.82 Å². The van der Waals surface area contributed by atoms with E-state index < -0.39 is 11.8 Å². The average molecular weight is 251 g/mol. The summed E-state index contributed by atoms with van der Waals surface area (Å²) in [6.07, 6.45) is 2.66. The molecular weight excluding hydrogens is 241 g/mol. The number of pyridine rings is 1. The lowest BCUT2D eigenvalue weighted by Crippen LogP contribution is -2.33. The van der Waals surface area contributed by atoms with Crippen molar-refractivity contribution in [2.45, 2.75) is 19.4 Å². The summed E-state index contributed by atoms with van der Waals surface area (Å²) in [7, 11) is 0. The van der Waals surface area contributed by atoms with Crippen molar-refractivity contribution in [3.8, 4) is 0 Å². The predicted molar refractivity (Wildman–Crippen MR) is 59.0 cm³/mol. The van der Waals surface area contributed by atoms with E-state index in [1.54, 1.807) is 0 Å². The summed E-state index contributed by atoms with van der Waals surface area (Å²) in [5.41, 5.74) is 0.387. The van der Waals surface area contributed by atoms with Crippen LogP contribution in [-0.4, -0.2) is 32.7 Å². The lowest BCUT2D eigenvalue weighted by molar-refractivity contribution is -0.133. The predicted octanol–water partition coefficient (Wildman–Crippen LogP) is 0.784. The van der Waals surface area contributed by atoms with E-state index in [2.05, 4.69) is 10.1 Å². The summed E-state index contributed by atoms with van der Waals surface area (Å²) in [6.45, 7) is 0.0143. The molecule has 1 aliphatic rings. The zero-order chi connectivity index (χ0) is 13.1. The molecule has 0 unspecified atom stereocenters. The molecule has 18 heavy (non-hydrogen) atoms. The first-order chi connectivity index (χ1) is 8.56. The van der Waals surface area contributed by atoms with Crippen LogP contribution in [0.3, 0.4) is 0 Å². The Labute approximate surface area is 102 Å². The Hall–Kier alpha value is -2.31. The summed E-state index contributed by atoms with van der Waals surface area (Å²) < 4.78 is 12.9. The third-order valence-electron chi connectivity index (χ3n) is 2.45. The van der Waals surface area contributed by atoms with Gasteiger partial charge in [-0.2, -0.15) is 5.10 Å². The average Bonchev–Trinajstić information content (AvgIpc) is 2.31. The van der Waals surface area contributed by atoms with Gasteiger partial charge in [0.15, 0.2) is 0 Å². The van der Waals surface area contributed by atoms with Crippen LogP contribution >= 0.6 is 0 Å². The van der Waals surface area contributed by atoms with Crippen LogP contribution in [0.1, 0.15) is 18.4 Å². The summed E-state index contributed by atoms with van der Waals surface area (Å²) >= 11 is 0. The molecule has 2 heterocycles. The van der Waals surface area contributed by atoms with E-state index in [1.165, 1.54) is 12.3 Å². The molecule has 1 aliphatic heterocycles. The largest absolute Gasteiger partial charge is 0.477 e. The van der Waals surface area contributed by atoms with Crippen molar-refractivity contribution < 1.29 is 19.1 Å². The maximum atomic E-state index is 12.9. The molecule has 1 amide bonds. The number of amides is 1. The maximum Gasteiger partial charge on any atom is 0.352 e. The van der Waals surface area contributed by atoms with Crippen LogP contribution in [0.5, 0.6) is 0 Å². The number of hydrogen-bond donors (Lipinski definition) is 1. The summed E-state index contributed by atoms with van der Waals surface area (Å²) in [6, 6.07) is 1.23. The Morgan fingerprint density at radius 1 is 1.44 bits per heavy atom. The smallest absolute Gasteiger partial charge is 0.352 e. The Morgan fingerprint density at radius 3 is 2.89 bits per heavy atom. The maximum absolute atomic E-state index is 12.9. The number of halogens is 1. The highest BCUT2D eigenvalue weighted by molar-refractivity contribution is 6.36. The Balaban J connectivity index is 2.19. The zero-order valence-corrected chi connectivity index (χ0v) is 9.34. The van der Waals surface area contributed by atoms with Gasteiger partial charge in [-0.3, -0.25) is 9.78 Å². The van der Waals surface area contributed by atoms with E-state index in [4.69, 9.17) is 5.11 Å². The van der Waals surface area contributed by atoms with E-state index in [1.807, 2.05) is 0 Å². The molecule has 0 spiro atoms. The van der Waals surface area contributed by atoms with E-state index in [-0.39, 0.29) is 31.0 Å².